The zero-order valence-electron chi connectivity index (χ0n) is 15.4. The summed E-state index contributed by atoms with van der Waals surface area (Å²) in [5.41, 5.74) is 4.11. The molecule has 0 saturated carbocycles. The first-order chi connectivity index (χ1) is 12.8. The second kappa shape index (κ2) is 7.44. The smallest absolute Gasteiger partial charge is 0.318 e. The summed E-state index contributed by atoms with van der Waals surface area (Å²) < 4.78 is 0. The Morgan fingerprint density at radius 3 is 2.52 bits per heavy atom. The number of amides is 4. The molecule has 1 atom stereocenters. The van der Waals surface area contributed by atoms with Crippen molar-refractivity contribution in [2.45, 2.75) is 31.2 Å². The highest BCUT2D eigenvalue weighted by Gasteiger charge is 2.49. The Hall–Kier alpha value is -2.80. The Morgan fingerprint density at radius 1 is 1.15 bits per heavy atom. The molecule has 0 spiro atoms. The van der Waals surface area contributed by atoms with Gasteiger partial charge in [0, 0.05) is 4.90 Å². The quantitative estimate of drug-likeness (QED) is 0.615. The van der Waals surface area contributed by atoms with Crippen LogP contribution in [-0.4, -0.2) is 28.6 Å². The lowest BCUT2D eigenvalue weighted by molar-refractivity contribution is -0.138. The minimum Gasteiger partial charge on any atom is -0.318 e. The highest BCUT2D eigenvalue weighted by molar-refractivity contribution is 8.00. The van der Waals surface area contributed by atoms with E-state index in [9.17, 15) is 14.4 Å². The molecule has 1 heterocycles. The third-order valence-corrected chi connectivity index (χ3v) is 5.64. The zero-order valence-corrected chi connectivity index (χ0v) is 16.2. The molecule has 0 aliphatic carbocycles. The van der Waals surface area contributed by atoms with Crippen LogP contribution in [0.25, 0.3) is 0 Å². The van der Waals surface area contributed by atoms with Crippen LogP contribution in [0.15, 0.2) is 53.4 Å². The predicted molar refractivity (Wildman–Crippen MR) is 104 cm³/mol. The Labute approximate surface area is 162 Å². The number of hydrogen-bond acceptors (Lipinski definition) is 4. The standard InChI is InChI=1S/C20H21N3O3S/c1-13-9-10-16(14(2)11-13)27-12-17(24)22-23-18(25)20(3,21-19(23)26)15-7-5-4-6-8-15/h4-11H,12H2,1-3H3,(H,21,26)(H,22,24). The highest BCUT2D eigenvalue weighted by atomic mass is 32.2. The molecule has 27 heavy (non-hydrogen) atoms. The number of aryl methyl sites for hydroxylation is 2. The Kier molecular flexibility index (Phi) is 5.23. The van der Waals surface area contributed by atoms with Crippen molar-refractivity contribution in [3.8, 4) is 0 Å². The van der Waals surface area contributed by atoms with Crippen LogP contribution in [0.4, 0.5) is 4.79 Å². The van der Waals surface area contributed by atoms with Gasteiger partial charge in [-0.2, -0.15) is 5.01 Å². The maximum atomic E-state index is 12.8. The molecule has 1 unspecified atom stereocenters. The summed E-state index contributed by atoms with van der Waals surface area (Å²) in [6.45, 7) is 5.62. The fraction of sp³-hybridized carbons (Fsp3) is 0.250. The van der Waals surface area contributed by atoms with Gasteiger partial charge in [0.1, 0.15) is 5.54 Å². The first-order valence-corrected chi connectivity index (χ1v) is 9.51. The Morgan fingerprint density at radius 2 is 1.85 bits per heavy atom. The van der Waals surface area contributed by atoms with Crippen molar-refractivity contribution in [3.63, 3.8) is 0 Å². The molecule has 0 bridgehead atoms. The highest BCUT2D eigenvalue weighted by Crippen LogP contribution is 2.28. The molecule has 7 heteroatoms. The van der Waals surface area contributed by atoms with Crippen molar-refractivity contribution in [2.75, 3.05) is 5.75 Å². The molecule has 2 N–H and O–H groups in total. The lowest BCUT2D eigenvalue weighted by atomic mass is 9.92. The number of benzene rings is 2. The molecule has 2 aromatic carbocycles. The number of imide groups is 1. The van der Waals surface area contributed by atoms with Crippen LogP contribution in [0, 0.1) is 13.8 Å². The molecule has 1 aliphatic rings. The van der Waals surface area contributed by atoms with Gasteiger partial charge in [-0.05, 0) is 38.0 Å². The molecule has 0 radical (unpaired) electrons. The van der Waals surface area contributed by atoms with Gasteiger partial charge in [0.15, 0.2) is 0 Å². The van der Waals surface area contributed by atoms with Crippen LogP contribution in [0.3, 0.4) is 0 Å². The van der Waals surface area contributed by atoms with Crippen LogP contribution >= 0.6 is 11.8 Å². The predicted octanol–water partition coefficient (Wildman–Crippen LogP) is 2.89. The fourth-order valence-electron chi connectivity index (χ4n) is 2.97. The van der Waals surface area contributed by atoms with Gasteiger partial charge in [-0.3, -0.25) is 15.0 Å². The van der Waals surface area contributed by atoms with Gasteiger partial charge in [0.25, 0.3) is 5.91 Å². The van der Waals surface area contributed by atoms with Gasteiger partial charge in [-0.15, -0.1) is 11.8 Å². The number of urea groups is 1. The van der Waals surface area contributed by atoms with Crippen LogP contribution in [0.2, 0.25) is 0 Å². The number of rotatable bonds is 5. The molecule has 1 fully saturated rings. The van der Waals surface area contributed by atoms with Crippen molar-refractivity contribution in [1.82, 2.24) is 15.8 Å². The van der Waals surface area contributed by atoms with E-state index in [2.05, 4.69) is 10.7 Å². The molecular formula is C20H21N3O3S. The second-order valence-electron chi connectivity index (χ2n) is 6.65. The third-order valence-electron chi connectivity index (χ3n) is 4.47. The SMILES string of the molecule is Cc1ccc(SCC(=O)NN2C(=O)NC(C)(c3ccccc3)C2=O)c(C)c1. The monoisotopic (exact) mass is 383 g/mol. The fourth-order valence-corrected chi connectivity index (χ4v) is 3.77. The van der Waals surface area contributed by atoms with E-state index in [1.165, 1.54) is 11.8 Å². The molecule has 140 valence electrons. The van der Waals surface area contributed by atoms with E-state index in [0.717, 1.165) is 21.0 Å². The van der Waals surface area contributed by atoms with Gasteiger partial charge < -0.3 is 5.32 Å². The summed E-state index contributed by atoms with van der Waals surface area (Å²) in [5, 5.41) is 3.42. The van der Waals surface area contributed by atoms with Crippen LogP contribution < -0.4 is 10.7 Å². The van der Waals surface area contributed by atoms with Gasteiger partial charge in [-0.1, -0.05) is 48.0 Å². The summed E-state index contributed by atoms with van der Waals surface area (Å²) in [6.07, 6.45) is 0. The lowest BCUT2D eigenvalue weighted by Gasteiger charge is -2.22. The van der Waals surface area contributed by atoms with E-state index in [-0.39, 0.29) is 5.75 Å². The molecule has 1 aliphatic heterocycles. The summed E-state index contributed by atoms with van der Waals surface area (Å²) in [4.78, 5) is 38.3. The number of carbonyl (C=O) groups excluding carboxylic acids is 3. The molecule has 6 nitrogen and oxygen atoms in total. The van der Waals surface area contributed by atoms with Crippen molar-refractivity contribution in [1.29, 1.82) is 0 Å². The first kappa shape index (κ1) is 19.0. The second-order valence-corrected chi connectivity index (χ2v) is 7.67. The van der Waals surface area contributed by atoms with Gasteiger partial charge in [0.05, 0.1) is 5.75 Å². The molecule has 1 saturated heterocycles. The Bertz CT molecular complexity index is 901. The maximum absolute atomic E-state index is 12.8. The normalized spacial score (nSPS) is 19.1. The van der Waals surface area contributed by atoms with Gasteiger partial charge in [0.2, 0.25) is 5.91 Å². The number of hydrogen-bond donors (Lipinski definition) is 2. The third kappa shape index (κ3) is 3.83. The lowest BCUT2D eigenvalue weighted by Crippen LogP contribution is -2.48. The zero-order chi connectivity index (χ0) is 19.6. The van der Waals surface area contributed by atoms with Crippen molar-refractivity contribution >= 4 is 29.6 Å². The summed E-state index contributed by atoms with van der Waals surface area (Å²) >= 11 is 1.36. The minimum absolute atomic E-state index is 0.100. The van der Waals surface area contributed by atoms with Crippen LogP contribution in [0.5, 0.6) is 0 Å². The van der Waals surface area contributed by atoms with E-state index < -0.39 is 23.4 Å². The van der Waals surface area contributed by atoms with Crippen molar-refractivity contribution < 1.29 is 14.4 Å². The summed E-state index contributed by atoms with van der Waals surface area (Å²) in [7, 11) is 0. The van der Waals surface area contributed by atoms with Crippen LogP contribution in [0.1, 0.15) is 23.6 Å². The van der Waals surface area contributed by atoms with Crippen molar-refractivity contribution in [2.24, 2.45) is 0 Å². The van der Waals surface area contributed by atoms with E-state index >= 15 is 0 Å². The van der Waals surface area contributed by atoms with Gasteiger partial charge in [-0.25, -0.2) is 4.79 Å². The van der Waals surface area contributed by atoms with E-state index in [0.29, 0.717) is 5.56 Å². The van der Waals surface area contributed by atoms with Crippen molar-refractivity contribution in [3.05, 3.63) is 65.2 Å². The Balaban J connectivity index is 1.66. The largest absolute Gasteiger partial charge is 0.344 e. The van der Waals surface area contributed by atoms with E-state index in [4.69, 9.17) is 0 Å². The average Bonchev–Trinajstić information content (AvgIpc) is 2.86. The number of hydrazine groups is 1. The molecule has 2 aromatic rings. The van der Waals surface area contributed by atoms with Gasteiger partial charge >= 0.3 is 6.03 Å². The number of nitrogens with one attached hydrogen (secondary N) is 2. The van der Waals surface area contributed by atoms with E-state index in [1.807, 2.05) is 38.1 Å². The number of nitrogens with zero attached hydrogens (tertiary/aromatic N) is 1. The summed E-state index contributed by atoms with van der Waals surface area (Å²) in [5.74, 6) is -0.826. The maximum Gasteiger partial charge on any atom is 0.344 e. The number of carbonyl (C=O) groups is 3. The topological polar surface area (TPSA) is 78.5 Å². The molecular weight excluding hydrogens is 362 g/mol. The average molecular weight is 383 g/mol. The summed E-state index contributed by atoms with van der Waals surface area (Å²) in [6, 6.07) is 14.3. The number of thioether (sulfide) groups is 1. The molecule has 3 rings (SSSR count). The first-order valence-electron chi connectivity index (χ1n) is 8.53. The molecule has 4 amide bonds. The minimum atomic E-state index is -1.20. The molecule has 0 aromatic heterocycles. The van der Waals surface area contributed by atoms with Crippen LogP contribution in [-0.2, 0) is 15.1 Å². The van der Waals surface area contributed by atoms with E-state index in [1.54, 1.807) is 31.2 Å².